The molecule has 0 spiro atoms. The number of hydrogen-bond donors (Lipinski definition) is 0. The molecule has 6 nitrogen and oxygen atoms in total. The van der Waals surface area contributed by atoms with E-state index in [9.17, 15) is 14.9 Å². The van der Waals surface area contributed by atoms with Gasteiger partial charge in [0.2, 0.25) is 5.91 Å². The first-order chi connectivity index (χ1) is 13.5. The third kappa shape index (κ3) is 5.72. The Labute approximate surface area is 168 Å². The second kappa shape index (κ2) is 10.7. The molecular weight excluding hydrogens is 352 g/mol. The van der Waals surface area contributed by atoms with Gasteiger partial charge in [0.05, 0.1) is 11.3 Å². The molecule has 1 heterocycles. The lowest BCUT2D eigenvalue weighted by Crippen LogP contribution is -2.54. The van der Waals surface area contributed by atoms with Crippen LogP contribution >= 0.6 is 0 Å². The second-order valence-electron chi connectivity index (χ2n) is 7.72. The number of imide groups is 1. The van der Waals surface area contributed by atoms with Crippen molar-refractivity contribution in [2.24, 2.45) is 5.92 Å². The summed E-state index contributed by atoms with van der Waals surface area (Å²) < 4.78 is 0. The molecule has 0 aromatic heterocycles. The van der Waals surface area contributed by atoms with Gasteiger partial charge in [-0.1, -0.05) is 39.3 Å². The van der Waals surface area contributed by atoms with Gasteiger partial charge in [-0.2, -0.15) is 5.26 Å². The summed E-state index contributed by atoms with van der Waals surface area (Å²) >= 11 is 0. The van der Waals surface area contributed by atoms with Crippen LogP contribution in [0.2, 0.25) is 0 Å². The monoisotopic (exact) mass is 384 g/mol. The number of hydrogen-bond acceptors (Lipinski definition) is 4. The van der Waals surface area contributed by atoms with Gasteiger partial charge in [-0.15, -0.1) is 0 Å². The standard InChI is InChI=1S/C22H32N4O2/c1-4-12-26(21(27)11-7-8-18(2)3)22(28)25-15-13-24(14-16-25)20-10-6-5-9-19(20)17-23/h5-6,9-10,18H,4,7-8,11-16H2,1-3H3. The van der Waals surface area contributed by atoms with E-state index >= 15 is 0 Å². The molecule has 0 atom stereocenters. The highest BCUT2D eigenvalue weighted by molar-refractivity contribution is 5.94. The molecule has 28 heavy (non-hydrogen) atoms. The van der Waals surface area contributed by atoms with E-state index in [0.717, 1.165) is 24.9 Å². The molecular formula is C22H32N4O2. The molecule has 1 aliphatic rings. The van der Waals surface area contributed by atoms with Crippen molar-refractivity contribution in [1.29, 1.82) is 5.26 Å². The molecule has 0 aliphatic carbocycles. The summed E-state index contributed by atoms with van der Waals surface area (Å²) in [6.07, 6.45) is 3.01. The molecule has 1 fully saturated rings. The zero-order valence-corrected chi connectivity index (χ0v) is 17.4. The maximum Gasteiger partial charge on any atom is 0.326 e. The second-order valence-corrected chi connectivity index (χ2v) is 7.72. The third-order valence-electron chi connectivity index (χ3n) is 5.07. The smallest absolute Gasteiger partial charge is 0.326 e. The topological polar surface area (TPSA) is 67.7 Å². The maximum absolute atomic E-state index is 13.0. The molecule has 2 rings (SSSR count). The Bertz CT molecular complexity index is 703. The van der Waals surface area contributed by atoms with Crippen LogP contribution < -0.4 is 4.90 Å². The van der Waals surface area contributed by atoms with Gasteiger partial charge in [0.25, 0.3) is 0 Å². The number of piperazine rings is 1. The predicted molar refractivity (Wildman–Crippen MR) is 111 cm³/mol. The number of nitriles is 1. The van der Waals surface area contributed by atoms with Gasteiger partial charge in [0.15, 0.2) is 0 Å². The maximum atomic E-state index is 13.0. The van der Waals surface area contributed by atoms with Crippen molar-refractivity contribution in [2.75, 3.05) is 37.6 Å². The van der Waals surface area contributed by atoms with Crippen LogP contribution in [0, 0.1) is 17.2 Å². The van der Waals surface area contributed by atoms with Crippen molar-refractivity contribution < 1.29 is 9.59 Å². The van der Waals surface area contributed by atoms with Gasteiger partial charge in [0, 0.05) is 39.1 Å². The Morgan fingerprint density at radius 1 is 1.18 bits per heavy atom. The van der Waals surface area contributed by atoms with Crippen molar-refractivity contribution in [3.8, 4) is 6.07 Å². The SMILES string of the molecule is CCCN(C(=O)CCCC(C)C)C(=O)N1CCN(c2ccccc2C#N)CC1. The average molecular weight is 385 g/mol. The number of rotatable bonds is 7. The van der Waals surface area contributed by atoms with Crippen molar-refractivity contribution in [2.45, 2.75) is 46.5 Å². The molecule has 0 radical (unpaired) electrons. The van der Waals surface area contributed by atoms with Crippen molar-refractivity contribution in [1.82, 2.24) is 9.80 Å². The van der Waals surface area contributed by atoms with Crippen molar-refractivity contribution >= 4 is 17.6 Å². The molecule has 3 amide bonds. The number of benzene rings is 1. The molecule has 0 unspecified atom stereocenters. The van der Waals surface area contributed by atoms with Crippen LogP contribution in [0.1, 0.15) is 52.0 Å². The van der Waals surface area contributed by atoms with Crippen LogP contribution in [0.3, 0.4) is 0 Å². The molecule has 1 aromatic rings. The summed E-state index contributed by atoms with van der Waals surface area (Å²) in [4.78, 5) is 30.9. The number of carbonyl (C=O) groups is 2. The van der Waals surface area contributed by atoms with Crippen LogP contribution in [-0.2, 0) is 4.79 Å². The fourth-order valence-electron chi connectivity index (χ4n) is 3.50. The average Bonchev–Trinajstić information content (AvgIpc) is 2.71. The highest BCUT2D eigenvalue weighted by Crippen LogP contribution is 2.21. The summed E-state index contributed by atoms with van der Waals surface area (Å²) in [6.45, 7) is 9.16. The Kier molecular flexibility index (Phi) is 8.31. The van der Waals surface area contributed by atoms with E-state index in [4.69, 9.17) is 0 Å². The molecule has 1 aromatic carbocycles. The fourth-order valence-corrected chi connectivity index (χ4v) is 3.50. The van der Waals surface area contributed by atoms with Crippen LogP contribution in [0.4, 0.5) is 10.5 Å². The summed E-state index contributed by atoms with van der Waals surface area (Å²) in [5.74, 6) is 0.497. The minimum atomic E-state index is -0.176. The van der Waals surface area contributed by atoms with E-state index in [-0.39, 0.29) is 11.9 Å². The minimum absolute atomic E-state index is 0.0650. The summed E-state index contributed by atoms with van der Waals surface area (Å²) in [7, 11) is 0. The lowest BCUT2D eigenvalue weighted by atomic mass is 10.1. The number of urea groups is 1. The molecule has 1 aliphatic heterocycles. The summed E-state index contributed by atoms with van der Waals surface area (Å²) in [5, 5.41) is 9.30. The Morgan fingerprint density at radius 2 is 1.86 bits per heavy atom. The first-order valence-corrected chi connectivity index (χ1v) is 10.3. The van der Waals surface area contributed by atoms with E-state index in [0.29, 0.717) is 50.6 Å². The quantitative estimate of drug-likeness (QED) is 0.716. The van der Waals surface area contributed by atoms with Gasteiger partial charge >= 0.3 is 6.03 Å². The number of anilines is 1. The minimum Gasteiger partial charge on any atom is -0.367 e. The highest BCUT2D eigenvalue weighted by atomic mass is 16.2. The molecule has 152 valence electrons. The molecule has 0 bridgehead atoms. The van der Waals surface area contributed by atoms with E-state index in [1.165, 1.54) is 4.90 Å². The lowest BCUT2D eigenvalue weighted by Gasteiger charge is -2.38. The van der Waals surface area contributed by atoms with E-state index in [2.05, 4.69) is 24.8 Å². The van der Waals surface area contributed by atoms with Crippen LogP contribution in [0.15, 0.2) is 24.3 Å². The van der Waals surface area contributed by atoms with Crippen molar-refractivity contribution in [3.63, 3.8) is 0 Å². The highest BCUT2D eigenvalue weighted by Gasteiger charge is 2.28. The number of carbonyl (C=O) groups excluding carboxylic acids is 2. The fraction of sp³-hybridized carbons (Fsp3) is 0.591. The normalized spacial score (nSPS) is 14.1. The summed E-state index contributed by atoms with van der Waals surface area (Å²) in [5.41, 5.74) is 1.56. The number of para-hydroxylation sites is 1. The van der Waals surface area contributed by atoms with Crippen LogP contribution in [0.25, 0.3) is 0 Å². The van der Waals surface area contributed by atoms with Crippen molar-refractivity contribution in [3.05, 3.63) is 29.8 Å². The molecule has 0 N–H and O–H groups in total. The van der Waals surface area contributed by atoms with Gasteiger partial charge in [0.1, 0.15) is 6.07 Å². The first-order valence-electron chi connectivity index (χ1n) is 10.3. The number of amides is 3. The third-order valence-corrected chi connectivity index (χ3v) is 5.07. The van der Waals surface area contributed by atoms with E-state index < -0.39 is 0 Å². The van der Waals surface area contributed by atoms with Crippen LogP contribution in [0.5, 0.6) is 0 Å². The van der Waals surface area contributed by atoms with E-state index in [1.54, 1.807) is 4.90 Å². The largest absolute Gasteiger partial charge is 0.367 e. The first kappa shape index (κ1) is 21.7. The van der Waals surface area contributed by atoms with Crippen LogP contribution in [-0.4, -0.2) is 54.5 Å². The molecule has 0 saturated carbocycles. The number of nitrogens with zero attached hydrogens (tertiary/aromatic N) is 4. The van der Waals surface area contributed by atoms with E-state index in [1.807, 2.05) is 31.2 Å². The zero-order chi connectivity index (χ0) is 20.5. The van der Waals surface area contributed by atoms with Gasteiger partial charge < -0.3 is 9.80 Å². The van der Waals surface area contributed by atoms with Gasteiger partial charge in [-0.25, -0.2) is 4.79 Å². The van der Waals surface area contributed by atoms with Gasteiger partial charge in [-0.3, -0.25) is 9.69 Å². The molecule has 6 heteroatoms. The Balaban J connectivity index is 1.96. The Hall–Kier alpha value is -2.55. The molecule has 1 saturated heterocycles. The lowest BCUT2D eigenvalue weighted by molar-refractivity contribution is -0.129. The predicted octanol–water partition coefficient (Wildman–Crippen LogP) is 3.87. The summed E-state index contributed by atoms with van der Waals surface area (Å²) in [6, 6.07) is 9.59. The van der Waals surface area contributed by atoms with Gasteiger partial charge in [-0.05, 0) is 30.9 Å². The zero-order valence-electron chi connectivity index (χ0n) is 17.4. The Morgan fingerprint density at radius 3 is 2.46 bits per heavy atom.